The van der Waals surface area contributed by atoms with Crippen molar-refractivity contribution in [1.82, 2.24) is 4.98 Å². The Bertz CT molecular complexity index is 289. The number of rotatable bonds is 6. The lowest BCUT2D eigenvalue weighted by molar-refractivity contribution is 0.204. The van der Waals surface area contributed by atoms with Gasteiger partial charge >= 0.3 is 0 Å². The summed E-state index contributed by atoms with van der Waals surface area (Å²) >= 11 is 1.53. The number of aromatic nitrogens is 1. The number of aliphatic hydroxyl groups is 1. The fourth-order valence-corrected chi connectivity index (χ4v) is 2.20. The molecule has 0 saturated heterocycles. The Balaban J connectivity index is 2.70. The molecule has 0 saturated carbocycles. The largest absolute Gasteiger partial charge is 0.391 e. The number of nitrogens with zero attached hydrogens (tertiary/aromatic N) is 2. The maximum absolute atomic E-state index is 8.97. The smallest absolute Gasteiger partial charge is 0.185 e. The first-order valence-corrected chi connectivity index (χ1v) is 5.81. The quantitative estimate of drug-likeness (QED) is 0.804. The maximum atomic E-state index is 8.97. The highest BCUT2D eigenvalue weighted by molar-refractivity contribution is 7.15. The molecule has 0 fully saturated rings. The molecule has 0 bridgehead atoms. The van der Waals surface area contributed by atoms with Gasteiger partial charge in [0, 0.05) is 25.9 Å². The molecule has 0 radical (unpaired) electrons. The van der Waals surface area contributed by atoms with Crippen LogP contribution in [0.25, 0.3) is 0 Å². The van der Waals surface area contributed by atoms with Crippen LogP contribution in [0, 0.1) is 0 Å². The first kappa shape index (κ1) is 12.4. The van der Waals surface area contributed by atoms with E-state index < -0.39 is 0 Å². The van der Waals surface area contributed by atoms with Gasteiger partial charge in [0.05, 0.1) is 18.1 Å². The summed E-state index contributed by atoms with van der Waals surface area (Å²) in [5.74, 6) is 0. The molecule has 15 heavy (non-hydrogen) atoms. The molecule has 4 nitrogen and oxygen atoms in total. The first-order chi connectivity index (χ1) is 7.19. The van der Waals surface area contributed by atoms with Gasteiger partial charge in [-0.3, -0.25) is 0 Å². The van der Waals surface area contributed by atoms with Crippen molar-refractivity contribution >= 4 is 16.5 Å². The number of ether oxygens (including phenoxy) is 1. The second kappa shape index (κ2) is 6.05. The SMILES string of the molecule is COCCN(c1ncc(CO)s1)C(C)C. The third-order valence-corrected chi connectivity index (χ3v) is 3.12. The summed E-state index contributed by atoms with van der Waals surface area (Å²) in [5.41, 5.74) is 0. The summed E-state index contributed by atoms with van der Waals surface area (Å²) in [6, 6.07) is 0.387. The van der Waals surface area contributed by atoms with Crippen molar-refractivity contribution in [3.8, 4) is 0 Å². The van der Waals surface area contributed by atoms with Crippen molar-refractivity contribution in [2.75, 3.05) is 25.2 Å². The standard InChI is InChI=1S/C10H18N2O2S/c1-8(2)12(4-5-14-3)10-11-6-9(7-13)15-10/h6,8,13H,4-5,7H2,1-3H3. The number of aliphatic hydroxyl groups excluding tert-OH is 1. The monoisotopic (exact) mass is 230 g/mol. The Labute approximate surface area is 94.5 Å². The molecule has 0 amide bonds. The first-order valence-electron chi connectivity index (χ1n) is 5.00. The van der Waals surface area contributed by atoms with Crippen LogP contribution >= 0.6 is 11.3 Å². The van der Waals surface area contributed by atoms with Gasteiger partial charge < -0.3 is 14.7 Å². The van der Waals surface area contributed by atoms with E-state index in [2.05, 4.69) is 23.7 Å². The van der Waals surface area contributed by atoms with E-state index in [1.54, 1.807) is 13.3 Å². The molecule has 1 N–H and O–H groups in total. The molecule has 1 heterocycles. The third kappa shape index (κ3) is 3.44. The molecule has 0 aromatic carbocycles. The number of hydrogen-bond acceptors (Lipinski definition) is 5. The van der Waals surface area contributed by atoms with E-state index >= 15 is 0 Å². The van der Waals surface area contributed by atoms with Gasteiger partial charge in [-0.2, -0.15) is 0 Å². The van der Waals surface area contributed by atoms with Crippen molar-refractivity contribution in [3.63, 3.8) is 0 Å². The highest BCUT2D eigenvalue weighted by atomic mass is 32.1. The molecule has 0 aliphatic heterocycles. The Morgan fingerprint density at radius 2 is 2.33 bits per heavy atom. The fourth-order valence-electron chi connectivity index (χ4n) is 1.27. The van der Waals surface area contributed by atoms with Crippen LogP contribution in [0.2, 0.25) is 0 Å². The van der Waals surface area contributed by atoms with Crippen LogP contribution in [0.5, 0.6) is 0 Å². The Hall–Kier alpha value is -0.650. The maximum Gasteiger partial charge on any atom is 0.185 e. The van der Waals surface area contributed by atoms with E-state index in [0.29, 0.717) is 12.6 Å². The zero-order chi connectivity index (χ0) is 11.3. The molecule has 86 valence electrons. The lowest BCUT2D eigenvalue weighted by atomic mass is 10.3. The highest BCUT2D eigenvalue weighted by Gasteiger charge is 2.13. The van der Waals surface area contributed by atoms with Gasteiger partial charge in [-0.25, -0.2) is 4.98 Å². The second-order valence-electron chi connectivity index (χ2n) is 3.55. The van der Waals surface area contributed by atoms with E-state index in [9.17, 15) is 0 Å². The molecular formula is C10H18N2O2S. The van der Waals surface area contributed by atoms with Gasteiger partial charge in [0.1, 0.15) is 0 Å². The van der Waals surface area contributed by atoms with Crippen molar-refractivity contribution in [2.45, 2.75) is 26.5 Å². The van der Waals surface area contributed by atoms with Crippen LogP contribution in [0.4, 0.5) is 5.13 Å². The van der Waals surface area contributed by atoms with Crippen LogP contribution in [0.1, 0.15) is 18.7 Å². The minimum Gasteiger partial charge on any atom is -0.391 e. The van der Waals surface area contributed by atoms with E-state index in [-0.39, 0.29) is 6.61 Å². The summed E-state index contributed by atoms with van der Waals surface area (Å²) < 4.78 is 5.06. The summed E-state index contributed by atoms with van der Waals surface area (Å²) in [4.78, 5) is 7.36. The van der Waals surface area contributed by atoms with Gasteiger partial charge in [-0.15, -0.1) is 0 Å². The topological polar surface area (TPSA) is 45.6 Å². The molecule has 1 aromatic rings. The van der Waals surface area contributed by atoms with Gasteiger partial charge in [-0.1, -0.05) is 11.3 Å². The molecule has 1 aromatic heterocycles. The van der Waals surface area contributed by atoms with Crippen molar-refractivity contribution < 1.29 is 9.84 Å². The number of thiazole rings is 1. The van der Waals surface area contributed by atoms with Crippen LogP contribution in [0.3, 0.4) is 0 Å². The predicted molar refractivity (Wildman–Crippen MR) is 62.4 cm³/mol. The molecule has 0 unspecified atom stereocenters. The average Bonchev–Trinajstić information content (AvgIpc) is 2.66. The fraction of sp³-hybridized carbons (Fsp3) is 0.700. The van der Waals surface area contributed by atoms with Gasteiger partial charge in [0.25, 0.3) is 0 Å². The van der Waals surface area contributed by atoms with Crippen molar-refractivity contribution in [2.24, 2.45) is 0 Å². The lowest BCUT2D eigenvalue weighted by Gasteiger charge is -2.25. The average molecular weight is 230 g/mol. The van der Waals surface area contributed by atoms with Gasteiger partial charge in [0.15, 0.2) is 5.13 Å². The van der Waals surface area contributed by atoms with Crippen LogP contribution in [0.15, 0.2) is 6.20 Å². The second-order valence-corrected chi connectivity index (χ2v) is 4.64. The molecule has 1 rings (SSSR count). The molecule has 5 heteroatoms. The molecule has 0 spiro atoms. The van der Waals surface area contributed by atoms with E-state index in [1.807, 2.05) is 0 Å². The summed E-state index contributed by atoms with van der Waals surface area (Å²) in [7, 11) is 1.69. The van der Waals surface area contributed by atoms with Gasteiger partial charge in [0.2, 0.25) is 0 Å². The minimum atomic E-state index is 0.0634. The Kier molecular flexibility index (Phi) is 5.01. The summed E-state index contributed by atoms with van der Waals surface area (Å²) in [6.07, 6.45) is 1.72. The van der Waals surface area contributed by atoms with E-state index in [1.165, 1.54) is 11.3 Å². The zero-order valence-electron chi connectivity index (χ0n) is 9.43. The third-order valence-electron chi connectivity index (χ3n) is 2.10. The van der Waals surface area contributed by atoms with Crippen molar-refractivity contribution in [1.29, 1.82) is 0 Å². The molecular weight excluding hydrogens is 212 g/mol. The predicted octanol–water partition coefficient (Wildman–Crippen LogP) is 1.50. The number of anilines is 1. The molecule has 0 aliphatic carbocycles. The highest BCUT2D eigenvalue weighted by Crippen LogP contribution is 2.23. The van der Waals surface area contributed by atoms with E-state index in [4.69, 9.17) is 9.84 Å². The number of hydrogen-bond donors (Lipinski definition) is 1. The number of methoxy groups -OCH3 is 1. The van der Waals surface area contributed by atoms with Crippen molar-refractivity contribution in [3.05, 3.63) is 11.1 Å². The van der Waals surface area contributed by atoms with Crippen LogP contribution in [-0.2, 0) is 11.3 Å². The molecule has 0 atom stereocenters. The normalized spacial score (nSPS) is 11.0. The van der Waals surface area contributed by atoms with Crippen LogP contribution < -0.4 is 4.90 Å². The lowest BCUT2D eigenvalue weighted by Crippen LogP contribution is -2.33. The summed E-state index contributed by atoms with van der Waals surface area (Å²) in [6.45, 7) is 5.82. The van der Waals surface area contributed by atoms with Gasteiger partial charge in [-0.05, 0) is 13.8 Å². The Morgan fingerprint density at radius 3 is 2.80 bits per heavy atom. The van der Waals surface area contributed by atoms with Crippen LogP contribution in [-0.4, -0.2) is 36.4 Å². The summed E-state index contributed by atoms with van der Waals surface area (Å²) in [5, 5.41) is 9.92. The molecule has 0 aliphatic rings. The zero-order valence-corrected chi connectivity index (χ0v) is 10.3. The Morgan fingerprint density at radius 1 is 1.60 bits per heavy atom. The van der Waals surface area contributed by atoms with E-state index in [0.717, 1.165) is 16.6 Å². The minimum absolute atomic E-state index is 0.0634.